The van der Waals surface area contributed by atoms with Crippen LogP contribution < -0.4 is 11.6 Å². The molecule has 0 aliphatic heterocycles. The third kappa shape index (κ3) is 1.65. The molecule has 0 radical (unpaired) electrons. The van der Waals surface area contributed by atoms with Gasteiger partial charge < -0.3 is 11.6 Å². The lowest BCUT2D eigenvalue weighted by molar-refractivity contribution is 0.855. The second kappa shape index (κ2) is 3.77. The first kappa shape index (κ1) is 11.1. The SMILES string of the molecule is Cc1ccc(-c2nc(C3CC3)n(N)c2N)cc1C. The second-order valence-corrected chi connectivity index (χ2v) is 5.15. The van der Waals surface area contributed by atoms with E-state index in [-0.39, 0.29) is 0 Å². The summed E-state index contributed by atoms with van der Waals surface area (Å²) in [6.45, 7) is 4.19. The first-order valence-electron chi connectivity index (χ1n) is 6.28. The number of nitrogens with two attached hydrogens (primary N) is 2. The topological polar surface area (TPSA) is 69.9 Å². The summed E-state index contributed by atoms with van der Waals surface area (Å²) in [7, 11) is 0. The average Bonchev–Trinajstić information content (AvgIpc) is 3.13. The quantitative estimate of drug-likeness (QED) is 0.794. The maximum atomic E-state index is 6.06. The van der Waals surface area contributed by atoms with E-state index < -0.39 is 0 Å². The molecule has 2 aromatic rings. The molecule has 18 heavy (non-hydrogen) atoms. The van der Waals surface area contributed by atoms with Gasteiger partial charge in [0.25, 0.3) is 0 Å². The summed E-state index contributed by atoms with van der Waals surface area (Å²) in [5.41, 5.74) is 10.4. The summed E-state index contributed by atoms with van der Waals surface area (Å²) in [6.07, 6.45) is 2.33. The van der Waals surface area contributed by atoms with Gasteiger partial charge in [0.2, 0.25) is 0 Å². The Morgan fingerprint density at radius 2 is 1.94 bits per heavy atom. The monoisotopic (exact) mass is 242 g/mol. The van der Waals surface area contributed by atoms with Gasteiger partial charge in [-0.15, -0.1) is 0 Å². The minimum atomic E-state index is 0.498. The van der Waals surface area contributed by atoms with Crippen LogP contribution in [0, 0.1) is 13.8 Å². The van der Waals surface area contributed by atoms with Crippen LogP contribution in [0.15, 0.2) is 18.2 Å². The maximum Gasteiger partial charge on any atom is 0.150 e. The van der Waals surface area contributed by atoms with Crippen molar-refractivity contribution < 1.29 is 0 Å². The molecule has 4 heteroatoms. The van der Waals surface area contributed by atoms with Crippen molar-refractivity contribution in [2.24, 2.45) is 0 Å². The van der Waals surface area contributed by atoms with Crippen molar-refractivity contribution in [3.05, 3.63) is 35.2 Å². The molecule has 0 atom stereocenters. The van der Waals surface area contributed by atoms with Gasteiger partial charge in [-0.1, -0.05) is 12.1 Å². The Bertz CT molecular complexity index is 608. The predicted octanol–water partition coefficient (Wildman–Crippen LogP) is 2.34. The standard InChI is InChI=1S/C14H18N4/c1-8-3-4-11(7-9(8)2)12-13(15)18(16)14(17-12)10-5-6-10/h3-4,7,10H,5-6,15-16H2,1-2H3. The van der Waals surface area contributed by atoms with Crippen LogP contribution in [0.3, 0.4) is 0 Å². The van der Waals surface area contributed by atoms with E-state index in [9.17, 15) is 0 Å². The second-order valence-electron chi connectivity index (χ2n) is 5.15. The molecule has 1 aromatic carbocycles. The van der Waals surface area contributed by atoms with Crippen molar-refractivity contribution in [3.63, 3.8) is 0 Å². The fourth-order valence-corrected chi connectivity index (χ4v) is 2.19. The number of rotatable bonds is 2. The van der Waals surface area contributed by atoms with Gasteiger partial charge in [0, 0.05) is 11.5 Å². The number of anilines is 1. The predicted molar refractivity (Wildman–Crippen MR) is 73.7 cm³/mol. The summed E-state index contributed by atoms with van der Waals surface area (Å²) in [4.78, 5) is 4.63. The van der Waals surface area contributed by atoms with Crippen LogP contribution >= 0.6 is 0 Å². The number of imidazole rings is 1. The van der Waals surface area contributed by atoms with Crippen molar-refractivity contribution in [3.8, 4) is 11.3 Å². The Morgan fingerprint density at radius 1 is 1.22 bits per heavy atom. The summed E-state index contributed by atoms with van der Waals surface area (Å²) in [6, 6.07) is 6.26. The van der Waals surface area contributed by atoms with Gasteiger partial charge in [0.1, 0.15) is 11.5 Å². The van der Waals surface area contributed by atoms with Gasteiger partial charge in [-0.3, -0.25) is 0 Å². The largest absolute Gasteiger partial charge is 0.382 e. The fourth-order valence-electron chi connectivity index (χ4n) is 2.19. The molecular weight excluding hydrogens is 224 g/mol. The first-order chi connectivity index (χ1) is 8.58. The van der Waals surface area contributed by atoms with E-state index in [1.807, 2.05) is 0 Å². The lowest BCUT2D eigenvalue weighted by atomic mass is 10.0. The molecule has 0 amide bonds. The number of aromatic nitrogens is 2. The molecule has 1 fully saturated rings. The number of benzene rings is 1. The third-order valence-electron chi connectivity index (χ3n) is 3.70. The summed E-state index contributed by atoms with van der Waals surface area (Å²) < 4.78 is 1.54. The molecule has 0 spiro atoms. The zero-order valence-electron chi connectivity index (χ0n) is 10.8. The van der Waals surface area contributed by atoms with E-state index in [1.165, 1.54) is 24.0 Å². The molecule has 0 bridgehead atoms. The van der Waals surface area contributed by atoms with Crippen LogP contribution in [0.1, 0.15) is 35.7 Å². The number of hydrogen-bond donors (Lipinski definition) is 2. The molecule has 1 saturated carbocycles. The highest BCUT2D eigenvalue weighted by Gasteiger charge is 2.30. The molecule has 1 heterocycles. The van der Waals surface area contributed by atoms with Crippen molar-refractivity contribution in [2.45, 2.75) is 32.6 Å². The number of hydrogen-bond acceptors (Lipinski definition) is 3. The summed E-state index contributed by atoms with van der Waals surface area (Å²) in [5.74, 6) is 7.95. The highest BCUT2D eigenvalue weighted by Crippen LogP contribution is 2.41. The molecule has 1 aromatic heterocycles. The van der Waals surface area contributed by atoms with Gasteiger partial charge in [-0.2, -0.15) is 0 Å². The maximum absolute atomic E-state index is 6.06. The van der Waals surface area contributed by atoms with Gasteiger partial charge in [0.05, 0.1) is 0 Å². The lowest BCUT2D eigenvalue weighted by Gasteiger charge is -2.04. The zero-order chi connectivity index (χ0) is 12.9. The Kier molecular flexibility index (Phi) is 2.33. The Morgan fingerprint density at radius 3 is 2.56 bits per heavy atom. The highest BCUT2D eigenvalue weighted by atomic mass is 15.4. The van der Waals surface area contributed by atoms with E-state index in [4.69, 9.17) is 11.6 Å². The van der Waals surface area contributed by atoms with E-state index in [2.05, 4.69) is 37.0 Å². The number of nitrogen functional groups attached to an aromatic ring is 2. The first-order valence-corrected chi connectivity index (χ1v) is 6.28. The van der Waals surface area contributed by atoms with Crippen molar-refractivity contribution in [1.29, 1.82) is 0 Å². The van der Waals surface area contributed by atoms with E-state index in [1.54, 1.807) is 4.68 Å². The van der Waals surface area contributed by atoms with E-state index in [0.717, 1.165) is 17.1 Å². The zero-order valence-corrected chi connectivity index (χ0v) is 10.8. The fraction of sp³-hybridized carbons (Fsp3) is 0.357. The average molecular weight is 242 g/mol. The molecule has 0 unspecified atom stereocenters. The van der Waals surface area contributed by atoms with Crippen LogP contribution in [0.2, 0.25) is 0 Å². The highest BCUT2D eigenvalue weighted by molar-refractivity contribution is 5.72. The summed E-state index contributed by atoms with van der Waals surface area (Å²) >= 11 is 0. The van der Waals surface area contributed by atoms with Crippen molar-refractivity contribution in [1.82, 2.24) is 9.66 Å². The Labute approximate surface area is 107 Å². The number of aryl methyl sites for hydroxylation is 2. The molecule has 0 saturated heterocycles. The third-order valence-corrected chi connectivity index (χ3v) is 3.70. The lowest BCUT2D eigenvalue weighted by Crippen LogP contribution is -2.14. The molecule has 4 nitrogen and oxygen atoms in total. The number of nitrogens with zero attached hydrogens (tertiary/aromatic N) is 2. The van der Waals surface area contributed by atoms with Crippen molar-refractivity contribution >= 4 is 5.82 Å². The smallest absolute Gasteiger partial charge is 0.150 e. The van der Waals surface area contributed by atoms with Gasteiger partial charge in [0.15, 0.2) is 5.82 Å². The molecule has 4 N–H and O–H groups in total. The van der Waals surface area contributed by atoms with Crippen LogP contribution in [-0.2, 0) is 0 Å². The minimum absolute atomic E-state index is 0.498. The minimum Gasteiger partial charge on any atom is -0.382 e. The molecule has 3 rings (SSSR count). The van der Waals surface area contributed by atoms with E-state index in [0.29, 0.717) is 11.7 Å². The molecule has 1 aliphatic rings. The Hall–Kier alpha value is -1.97. The van der Waals surface area contributed by atoms with Crippen LogP contribution in [0.25, 0.3) is 11.3 Å². The van der Waals surface area contributed by atoms with Crippen LogP contribution in [0.5, 0.6) is 0 Å². The van der Waals surface area contributed by atoms with Crippen LogP contribution in [-0.4, -0.2) is 9.66 Å². The normalized spacial score (nSPS) is 15.0. The van der Waals surface area contributed by atoms with Gasteiger partial charge in [-0.25, -0.2) is 9.66 Å². The Balaban J connectivity index is 2.10. The molecule has 94 valence electrons. The van der Waals surface area contributed by atoms with Crippen molar-refractivity contribution in [2.75, 3.05) is 11.6 Å². The molecular formula is C14H18N4. The van der Waals surface area contributed by atoms with E-state index >= 15 is 0 Å². The van der Waals surface area contributed by atoms with Crippen LogP contribution in [0.4, 0.5) is 5.82 Å². The van der Waals surface area contributed by atoms with Gasteiger partial charge >= 0.3 is 0 Å². The van der Waals surface area contributed by atoms with Gasteiger partial charge in [-0.05, 0) is 43.9 Å². The molecule has 1 aliphatic carbocycles. The summed E-state index contributed by atoms with van der Waals surface area (Å²) in [5, 5.41) is 0.